The van der Waals surface area contributed by atoms with Gasteiger partial charge in [0, 0.05) is 18.2 Å². The van der Waals surface area contributed by atoms with E-state index in [9.17, 15) is 18.0 Å². The quantitative estimate of drug-likeness (QED) is 0.697. The second-order valence-corrected chi connectivity index (χ2v) is 9.63. The van der Waals surface area contributed by atoms with E-state index >= 15 is 0 Å². The third kappa shape index (κ3) is 4.68. The van der Waals surface area contributed by atoms with Crippen molar-refractivity contribution in [3.05, 3.63) is 46.8 Å². The molecular formula is C20H24N2O5S2. The Hall–Kier alpha value is -2.23. The number of sulfonamides is 1. The lowest BCUT2D eigenvalue weighted by molar-refractivity contribution is 0.0528. The van der Waals surface area contributed by atoms with E-state index in [1.165, 1.54) is 39.9 Å². The number of rotatable bonds is 6. The second-order valence-electron chi connectivity index (χ2n) is 6.82. The van der Waals surface area contributed by atoms with Gasteiger partial charge in [-0.3, -0.25) is 4.79 Å². The smallest absolute Gasteiger partial charge is 0.341 e. The van der Waals surface area contributed by atoms with Crippen LogP contribution >= 0.6 is 11.3 Å². The lowest BCUT2D eigenvalue weighted by atomic mass is 10.1. The summed E-state index contributed by atoms with van der Waals surface area (Å²) in [6.45, 7) is 4.39. The zero-order valence-electron chi connectivity index (χ0n) is 16.4. The number of hydrogen-bond acceptors (Lipinski definition) is 6. The molecule has 1 aliphatic heterocycles. The number of hydrogen-bond donors (Lipinski definition) is 1. The van der Waals surface area contributed by atoms with E-state index in [2.05, 4.69) is 5.32 Å². The first-order valence-electron chi connectivity index (χ1n) is 9.52. The maximum absolute atomic E-state index is 12.9. The zero-order valence-corrected chi connectivity index (χ0v) is 18.0. The summed E-state index contributed by atoms with van der Waals surface area (Å²) in [5, 5.41) is 4.78. The van der Waals surface area contributed by atoms with Crippen molar-refractivity contribution in [2.45, 2.75) is 44.0 Å². The van der Waals surface area contributed by atoms with Gasteiger partial charge in [-0.25, -0.2) is 13.2 Å². The molecular weight excluding hydrogens is 412 g/mol. The molecule has 1 fully saturated rings. The molecule has 9 heteroatoms. The fourth-order valence-corrected chi connectivity index (χ4v) is 5.76. The molecule has 1 aromatic heterocycles. The first-order valence-corrected chi connectivity index (χ1v) is 11.8. The van der Waals surface area contributed by atoms with E-state index in [1.807, 2.05) is 6.92 Å². The molecule has 2 heterocycles. The van der Waals surface area contributed by atoms with Crippen LogP contribution in [0, 0.1) is 0 Å². The summed E-state index contributed by atoms with van der Waals surface area (Å²) in [6.07, 6.45) is 2.74. The average Bonchev–Trinajstić information content (AvgIpc) is 3.16. The van der Waals surface area contributed by atoms with Crippen molar-refractivity contribution in [3.8, 4) is 0 Å². The van der Waals surface area contributed by atoms with Gasteiger partial charge in [0.15, 0.2) is 0 Å². The van der Waals surface area contributed by atoms with Crippen molar-refractivity contribution in [1.82, 2.24) is 4.31 Å². The van der Waals surface area contributed by atoms with Gasteiger partial charge >= 0.3 is 5.97 Å². The van der Waals surface area contributed by atoms with Gasteiger partial charge < -0.3 is 10.1 Å². The molecule has 0 aliphatic carbocycles. The van der Waals surface area contributed by atoms with Crippen molar-refractivity contribution in [3.63, 3.8) is 0 Å². The maximum Gasteiger partial charge on any atom is 0.341 e. The minimum absolute atomic E-state index is 0.0307. The fourth-order valence-electron chi connectivity index (χ4n) is 3.29. The monoisotopic (exact) mass is 436 g/mol. The fraction of sp³-hybridized carbons (Fsp3) is 0.400. The van der Waals surface area contributed by atoms with Crippen LogP contribution in [-0.4, -0.2) is 43.8 Å². The molecule has 1 aliphatic rings. The number of benzene rings is 1. The van der Waals surface area contributed by atoms with Crippen molar-refractivity contribution in [1.29, 1.82) is 0 Å². The first kappa shape index (κ1) is 21.5. The molecule has 0 bridgehead atoms. The van der Waals surface area contributed by atoms with Gasteiger partial charge in [0.25, 0.3) is 5.91 Å². The number of esters is 1. The Morgan fingerprint density at radius 3 is 2.59 bits per heavy atom. The van der Waals surface area contributed by atoms with Crippen molar-refractivity contribution in [2.75, 3.05) is 18.5 Å². The van der Waals surface area contributed by atoms with E-state index in [1.54, 1.807) is 18.4 Å². The number of amides is 1. The molecule has 0 saturated carbocycles. The van der Waals surface area contributed by atoms with E-state index in [-0.39, 0.29) is 17.5 Å². The van der Waals surface area contributed by atoms with Crippen LogP contribution in [0.25, 0.3) is 0 Å². The van der Waals surface area contributed by atoms with Gasteiger partial charge in [-0.05, 0) is 62.4 Å². The predicted octanol–water partition coefficient (Wildman–Crippen LogP) is 3.74. The van der Waals surface area contributed by atoms with Crippen molar-refractivity contribution < 1.29 is 22.7 Å². The summed E-state index contributed by atoms with van der Waals surface area (Å²) in [5.41, 5.74) is 0.599. The van der Waals surface area contributed by atoms with E-state index in [4.69, 9.17) is 4.74 Å². The molecule has 1 saturated heterocycles. The van der Waals surface area contributed by atoms with Gasteiger partial charge in [0.05, 0.1) is 17.1 Å². The first-order chi connectivity index (χ1) is 13.8. The Labute approximate surface area is 174 Å². The van der Waals surface area contributed by atoms with Crippen LogP contribution in [0.15, 0.2) is 40.6 Å². The number of piperidine rings is 1. The maximum atomic E-state index is 12.9. The molecule has 3 rings (SSSR count). The normalized spacial score (nSPS) is 17.7. The van der Waals surface area contributed by atoms with Gasteiger partial charge in [-0.2, -0.15) is 4.31 Å². The summed E-state index contributed by atoms with van der Waals surface area (Å²) in [7, 11) is -3.59. The van der Waals surface area contributed by atoms with Crippen LogP contribution in [0.3, 0.4) is 0 Å². The highest BCUT2D eigenvalue weighted by Gasteiger charge is 2.31. The van der Waals surface area contributed by atoms with Crippen LogP contribution in [0.1, 0.15) is 53.8 Å². The third-order valence-electron chi connectivity index (χ3n) is 4.85. The molecule has 0 radical (unpaired) electrons. The Morgan fingerprint density at radius 1 is 1.21 bits per heavy atom. The van der Waals surface area contributed by atoms with Crippen LogP contribution in [-0.2, 0) is 14.8 Å². The highest BCUT2D eigenvalue weighted by Crippen LogP contribution is 2.27. The highest BCUT2D eigenvalue weighted by molar-refractivity contribution is 7.89. The Morgan fingerprint density at radius 2 is 1.93 bits per heavy atom. The molecule has 1 aromatic carbocycles. The average molecular weight is 437 g/mol. The number of nitrogens with zero attached hydrogens (tertiary/aromatic N) is 1. The topological polar surface area (TPSA) is 92.8 Å². The zero-order chi connectivity index (χ0) is 21.0. The molecule has 2 aromatic rings. The number of carbonyl (C=O) groups excluding carboxylic acids is 2. The molecule has 7 nitrogen and oxygen atoms in total. The number of nitrogens with one attached hydrogen (secondary N) is 1. The largest absolute Gasteiger partial charge is 0.462 e. The second kappa shape index (κ2) is 9.06. The minimum atomic E-state index is -3.59. The highest BCUT2D eigenvalue weighted by atomic mass is 32.2. The molecule has 1 atom stereocenters. The van der Waals surface area contributed by atoms with Gasteiger partial charge in [-0.1, -0.05) is 6.42 Å². The van der Waals surface area contributed by atoms with Gasteiger partial charge in [0.2, 0.25) is 10.0 Å². The summed E-state index contributed by atoms with van der Waals surface area (Å²) in [5.74, 6) is -0.922. The van der Waals surface area contributed by atoms with Gasteiger partial charge in [0.1, 0.15) is 5.00 Å². The Balaban J connectivity index is 1.74. The molecule has 156 valence electrons. The van der Waals surface area contributed by atoms with Crippen LogP contribution in [0.4, 0.5) is 5.00 Å². The van der Waals surface area contributed by atoms with E-state index in [0.717, 1.165) is 19.3 Å². The van der Waals surface area contributed by atoms with Crippen LogP contribution < -0.4 is 5.32 Å². The summed E-state index contributed by atoms with van der Waals surface area (Å²) in [4.78, 5) is 24.7. The van der Waals surface area contributed by atoms with E-state index in [0.29, 0.717) is 22.7 Å². The molecule has 0 spiro atoms. The number of ether oxygens (including phenoxy) is 1. The Kier molecular flexibility index (Phi) is 6.71. The molecule has 1 amide bonds. The number of anilines is 1. The van der Waals surface area contributed by atoms with Crippen molar-refractivity contribution in [2.24, 2.45) is 0 Å². The third-order valence-corrected chi connectivity index (χ3v) is 7.71. The SMILES string of the molecule is CCOC(=O)c1ccsc1NC(=O)c1ccc(S(=O)(=O)N2CCCCC2C)cc1. The molecule has 1 N–H and O–H groups in total. The van der Waals surface area contributed by atoms with E-state index < -0.39 is 21.9 Å². The summed E-state index contributed by atoms with van der Waals surface area (Å²) >= 11 is 1.22. The van der Waals surface area contributed by atoms with Crippen LogP contribution in [0.2, 0.25) is 0 Å². The summed E-state index contributed by atoms with van der Waals surface area (Å²) in [6, 6.07) is 7.42. The molecule has 29 heavy (non-hydrogen) atoms. The number of carbonyl (C=O) groups is 2. The predicted molar refractivity (Wildman–Crippen MR) is 112 cm³/mol. The van der Waals surface area contributed by atoms with Crippen LogP contribution in [0.5, 0.6) is 0 Å². The number of thiophene rings is 1. The minimum Gasteiger partial charge on any atom is -0.462 e. The standard InChI is InChI=1S/C20H24N2O5S2/c1-3-27-20(24)17-11-13-28-19(17)21-18(23)15-7-9-16(10-8-15)29(25,26)22-12-5-4-6-14(22)2/h7-11,13-14H,3-6,12H2,1-2H3,(H,21,23). The summed E-state index contributed by atoms with van der Waals surface area (Å²) < 4.78 is 32.3. The van der Waals surface area contributed by atoms with Crippen molar-refractivity contribution >= 4 is 38.2 Å². The molecule has 1 unspecified atom stereocenters. The lowest BCUT2D eigenvalue weighted by Crippen LogP contribution is -2.41. The Bertz CT molecular complexity index is 983. The lowest BCUT2D eigenvalue weighted by Gasteiger charge is -2.32. The van der Waals surface area contributed by atoms with Gasteiger partial charge in [-0.15, -0.1) is 11.3 Å².